The van der Waals surface area contributed by atoms with Gasteiger partial charge in [0, 0.05) is 64.2 Å². The van der Waals surface area contributed by atoms with Gasteiger partial charge in [0.1, 0.15) is 18.4 Å². The predicted molar refractivity (Wildman–Crippen MR) is 184 cm³/mol. The van der Waals surface area contributed by atoms with Crippen molar-refractivity contribution in [2.24, 2.45) is 5.73 Å². The van der Waals surface area contributed by atoms with E-state index >= 15 is 0 Å². The molecular formula is C34H50N6O11. The standard InChI is InChI=1S/C34H50N6O11/c1-50-18-19-51-22-30(44)36-15-3-2-6-25(38-29(43)8-5-17-40-31(45)12-13-32(40)46)34(49)37-16-4-7-28(42)39-26-21-23(9-11-27(26)41)20-24(35)10-14-33(47)48/h9,11-13,21,24-25,41H,2-8,10,14-20,22,35H2,1H3,(H,36,44)(H,37,49)(H,38,43)(H,39,42)(H,47,48)/t24-,25+/m1/s1. The lowest BCUT2D eigenvalue weighted by Gasteiger charge is -2.19. The summed E-state index contributed by atoms with van der Waals surface area (Å²) in [7, 11) is 1.53. The van der Waals surface area contributed by atoms with Crippen molar-refractivity contribution in [3.8, 4) is 5.75 Å². The second-order valence-corrected chi connectivity index (χ2v) is 12.0. The average Bonchev–Trinajstić information content (AvgIpc) is 3.40. The summed E-state index contributed by atoms with van der Waals surface area (Å²) < 4.78 is 10.0. The van der Waals surface area contributed by atoms with Gasteiger partial charge in [0.15, 0.2) is 0 Å². The van der Waals surface area contributed by atoms with Crippen molar-refractivity contribution in [2.45, 2.75) is 76.3 Å². The summed E-state index contributed by atoms with van der Waals surface area (Å²) in [5.74, 6) is -3.58. The Bertz CT molecular complexity index is 1370. The van der Waals surface area contributed by atoms with Crippen LogP contribution in [0.15, 0.2) is 30.4 Å². The van der Waals surface area contributed by atoms with E-state index in [0.717, 1.165) is 17.1 Å². The third-order valence-electron chi connectivity index (χ3n) is 7.69. The number of carboxylic acids is 1. The Morgan fingerprint density at radius 1 is 0.863 bits per heavy atom. The normalized spacial score (nSPS) is 13.5. The number of unbranched alkanes of at least 4 members (excludes halogenated alkanes) is 1. The molecule has 0 saturated heterocycles. The Labute approximate surface area is 296 Å². The molecule has 2 rings (SSSR count). The summed E-state index contributed by atoms with van der Waals surface area (Å²) in [5, 5.41) is 29.9. The van der Waals surface area contributed by atoms with Gasteiger partial charge in [-0.15, -0.1) is 0 Å². The Morgan fingerprint density at radius 3 is 2.27 bits per heavy atom. The lowest BCUT2D eigenvalue weighted by molar-refractivity contribution is -0.138. The van der Waals surface area contributed by atoms with E-state index in [1.807, 2.05) is 0 Å². The van der Waals surface area contributed by atoms with Gasteiger partial charge >= 0.3 is 5.97 Å². The molecule has 0 fully saturated rings. The predicted octanol–water partition coefficient (Wildman–Crippen LogP) is 0.101. The molecule has 0 aliphatic carbocycles. The number of carbonyl (C=O) groups is 7. The highest BCUT2D eigenvalue weighted by molar-refractivity contribution is 6.12. The minimum atomic E-state index is -0.944. The number of benzene rings is 1. The van der Waals surface area contributed by atoms with Crippen molar-refractivity contribution in [3.05, 3.63) is 35.9 Å². The SMILES string of the molecule is COCCOCC(=O)NCCCC[C@H](NC(=O)CCCN1C(=O)C=CC1=O)C(=O)NCCCC(=O)Nc1cc(C[C@H](N)CCC(=O)O)ccc1O. The van der Waals surface area contributed by atoms with Crippen molar-refractivity contribution >= 4 is 47.1 Å². The number of aliphatic carboxylic acids is 1. The first-order chi connectivity index (χ1) is 24.4. The summed E-state index contributed by atoms with van der Waals surface area (Å²) >= 11 is 0. The van der Waals surface area contributed by atoms with E-state index < -0.39 is 47.6 Å². The second-order valence-electron chi connectivity index (χ2n) is 12.0. The van der Waals surface area contributed by atoms with Gasteiger partial charge in [0.25, 0.3) is 11.8 Å². The van der Waals surface area contributed by atoms with Gasteiger partial charge in [-0.1, -0.05) is 6.07 Å². The number of aromatic hydroxyl groups is 1. The van der Waals surface area contributed by atoms with E-state index in [9.17, 15) is 38.7 Å². The van der Waals surface area contributed by atoms with Crippen LogP contribution in [0.5, 0.6) is 5.75 Å². The zero-order chi connectivity index (χ0) is 37.6. The summed E-state index contributed by atoms with van der Waals surface area (Å²) in [4.78, 5) is 85.6. The van der Waals surface area contributed by atoms with Crippen LogP contribution in [0, 0.1) is 0 Å². The van der Waals surface area contributed by atoms with E-state index in [-0.39, 0.29) is 82.0 Å². The molecule has 282 valence electrons. The van der Waals surface area contributed by atoms with Gasteiger partial charge in [0.05, 0.1) is 18.9 Å². The molecule has 6 amide bonds. The number of phenols is 1. The third-order valence-corrected chi connectivity index (χ3v) is 7.69. The van der Waals surface area contributed by atoms with Crippen LogP contribution in [0.25, 0.3) is 0 Å². The number of carbonyl (C=O) groups excluding carboxylic acids is 6. The van der Waals surface area contributed by atoms with Crippen molar-refractivity contribution < 1.29 is 53.2 Å². The molecule has 0 aromatic heterocycles. The molecule has 51 heavy (non-hydrogen) atoms. The van der Waals surface area contributed by atoms with Crippen molar-refractivity contribution in [1.82, 2.24) is 20.9 Å². The molecule has 17 heteroatoms. The molecule has 1 heterocycles. The minimum absolute atomic E-state index is 0.0107. The number of nitrogens with zero attached hydrogens (tertiary/aromatic N) is 1. The number of hydrogen-bond acceptors (Lipinski definition) is 11. The molecule has 0 saturated carbocycles. The highest BCUT2D eigenvalue weighted by Gasteiger charge is 2.24. The molecule has 1 aromatic carbocycles. The zero-order valence-electron chi connectivity index (χ0n) is 28.9. The molecular weight excluding hydrogens is 668 g/mol. The summed E-state index contributed by atoms with van der Waals surface area (Å²) in [6, 6.07) is 3.31. The second kappa shape index (κ2) is 23.5. The average molecular weight is 719 g/mol. The van der Waals surface area contributed by atoms with E-state index in [2.05, 4.69) is 21.3 Å². The van der Waals surface area contributed by atoms with E-state index in [0.29, 0.717) is 44.6 Å². The van der Waals surface area contributed by atoms with Crippen LogP contribution in [0.2, 0.25) is 0 Å². The fraction of sp³-hybridized carbons (Fsp3) is 0.559. The van der Waals surface area contributed by atoms with Crippen LogP contribution >= 0.6 is 0 Å². The molecule has 1 aliphatic rings. The molecule has 0 unspecified atom stereocenters. The first-order valence-electron chi connectivity index (χ1n) is 16.9. The van der Waals surface area contributed by atoms with Gasteiger partial charge < -0.3 is 46.7 Å². The topological polar surface area (TPSA) is 256 Å². The Hall–Kier alpha value is -4.87. The molecule has 1 aromatic rings. The molecule has 2 atom stereocenters. The van der Waals surface area contributed by atoms with Gasteiger partial charge in [-0.3, -0.25) is 38.5 Å². The lowest BCUT2D eigenvalue weighted by Crippen LogP contribution is -2.47. The van der Waals surface area contributed by atoms with Gasteiger partial charge in [-0.05, 0) is 62.6 Å². The Kier molecular flexibility index (Phi) is 19.5. The van der Waals surface area contributed by atoms with Crippen LogP contribution < -0.4 is 27.0 Å². The van der Waals surface area contributed by atoms with E-state index in [1.54, 1.807) is 12.1 Å². The maximum atomic E-state index is 13.1. The molecule has 0 spiro atoms. The molecule has 1 aliphatic heterocycles. The van der Waals surface area contributed by atoms with Gasteiger partial charge in [-0.2, -0.15) is 0 Å². The number of methoxy groups -OCH3 is 1. The lowest BCUT2D eigenvalue weighted by atomic mass is 10.0. The monoisotopic (exact) mass is 718 g/mol. The third kappa shape index (κ3) is 17.6. The van der Waals surface area contributed by atoms with Crippen molar-refractivity contribution in [3.63, 3.8) is 0 Å². The number of rotatable bonds is 26. The largest absolute Gasteiger partial charge is 0.506 e. The molecule has 17 nitrogen and oxygen atoms in total. The van der Waals surface area contributed by atoms with Crippen molar-refractivity contribution in [1.29, 1.82) is 0 Å². The van der Waals surface area contributed by atoms with Gasteiger partial charge in [-0.25, -0.2) is 0 Å². The number of anilines is 1. The minimum Gasteiger partial charge on any atom is -0.506 e. The molecule has 8 N–H and O–H groups in total. The number of nitrogens with two attached hydrogens (primary N) is 1. The highest BCUT2D eigenvalue weighted by atomic mass is 16.5. The fourth-order valence-electron chi connectivity index (χ4n) is 4.96. The number of amides is 6. The van der Waals surface area contributed by atoms with Crippen LogP contribution in [-0.2, 0) is 49.5 Å². The number of hydrogen-bond donors (Lipinski definition) is 7. The van der Waals surface area contributed by atoms with Crippen LogP contribution in [-0.4, -0.2) is 115 Å². The van der Waals surface area contributed by atoms with Crippen LogP contribution in [0.1, 0.15) is 63.4 Å². The summed E-state index contributed by atoms with van der Waals surface area (Å²) in [6.07, 6.45) is 4.62. The quantitative estimate of drug-likeness (QED) is 0.0383. The maximum Gasteiger partial charge on any atom is 0.303 e. The Balaban J connectivity index is 1.83. The summed E-state index contributed by atoms with van der Waals surface area (Å²) in [5.41, 5.74) is 6.90. The van der Waals surface area contributed by atoms with E-state index in [4.69, 9.17) is 20.3 Å². The van der Waals surface area contributed by atoms with Crippen LogP contribution in [0.3, 0.4) is 0 Å². The fourth-order valence-corrected chi connectivity index (χ4v) is 4.96. The maximum absolute atomic E-state index is 13.1. The van der Waals surface area contributed by atoms with E-state index in [1.165, 1.54) is 13.2 Å². The number of ether oxygens (including phenoxy) is 2. The number of imide groups is 1. The van der Waals surface area contributed by atoms with Crippen LogP contribution in [0.4, 0.5) is 5.69 Å². The highest BCUT2D eigenvalue weighted by Crippen LogP contribution is 2.25. The smallest absolute Gasteiger partial charge is 0.303 e. The Morgan fingerprint density at radius 2 is 1.57 bits per heavy atom. The van der Waals surface area contributed by atoms with Gasteiger partial charge in [0.2, 0.25) is 23.6 Å². The zero-order valence-corrected chi connectivity index (χ0v) is 28.9. The summed E-state index contributed by atoms with van der Waals surface area (Å²) in [6.45, 7) is 1.08. The first-order valence-corrected chi connectivity index (χ1v) is 16.9. The number of phenolic OH excluding ortho intramolecular Hbond substituents is 1. The molecule has 0 bridgehead atoms. The number of carboxylic acid groups (broad SMARTS) is 1. The molecule has 0 radical (unpaired) electrons. The number of nitrogens with one attached hydrogen (secondary N) is 4. The first kappa shape index (κ1) is 42.3. The van der Waals surface area contributed by atoms with Crippen molar-refractivity contribution in [2.75, 3.05) is 51.9 Å².